The van der Waals surface area contributed by atoms with Crippen LogP contribution in [-0.4, -0.2) is 17.3 Å². The van der Waals surface area contributed by atoms with Gasteiger partial charge in [0.15, 0.2) is 0 Å². The van der Waals surface area contributed by atoms with Gasteiger partial charge in [-0.3, -0.25) is 9.78 Å². The minimum atomic E-state index is -4.71. The van der Waals surface area contributed by atoms with E-state index in [2.05, 4.69) is 15.0 Å². The van der Waals surface area contributed by atoms with Gasteiger partial charge in [-0.25, -0.2) is 0 Å². The zero-order valence-corrected chi connectivity index (χ0v) is 11.6. The van der Waals surface area contributed by atoms with E-state index in [-0.39, 0.29) is 18.2 Å². The number of ether oxygens (including phenoxy) is 1. The fourth-order valence-corrected chi connectivity index (χ4v) is 1.79. The number of aromatic nitrogens is 1. The van der Waals surface area contributed by atoms with Gasteiger partial charge in [-0.05, 0) is 36.2 Å². The van der Waals surface area contributed by atoms with Gasteiger partial charge in [0, 0.05) is 18.9 Å². The Labute approximate surface area is 124 Å². The predicted molar refractivity (Wildman–Crippen MR) is 73.3 cm³/mol. The molecule has 0 aliphatic rings. The SMILES string of the molecule is Cc1ccncc1C(=O)NCc1ccc(OC(F)(F)F)cc1. The fourth-order valence-electron chi connectivity index (χ4n) is 1.79. The van der Waals surface area contributed by atoms with Crippen molar-refractivity contribution in [3.63, 3.8) is 0 Å². The Kier molecular flexibility index (Phi) is 4.65. The van der Waals surface area contributed by atoms with Crippen molar-refractivity contribution in [1.82, 2.24) is 10.3 Å². The van der Waals surface area contributed by atoms with Crippen LogP contribution in [0.2, 0.25) is 0 Å². The summed E-state index contributed by atoms with van der Waals surface area (Å²) in [5.74, 6) is -0.591. The van der Waals surface area contributed by atoms with E-state index >= 15 is 0 Å². The van der Waals surface area contributed by atoms with Crippen LogP contribution in [-0.2, 0) is 6.54 Å². The van der Waals surface area contributed by atoms with Crippen molar-refractivity contribution >= 4 is 5.91 Å². The smallest absolute Gasteiger partial charge is 0.406 e. The Morgan fingerprint density at radius 3 is 2.50 bits per heavy atom. The molecule has 1 aromatic heterocycles. The summed E-state index contributed by atoms with van der Waals surface area (Å²) in [4.78, 5) is 15.9. The largest absolute Gasteiger partial charge is 0.573 e. The molecule has 0 aliphatic carbocycles. The number of rotatable bonds is 4. The molecule has 116 valence electrons. The summed E-state index contributed by atoms with van der Waals surface area (Å²) in [6.07, 6.45) is -1.66. The summed E-state index contributed by atoms with van der Waals surface area (Å²) in [7, 11) is 0. The average molecular weight is 310 g/mol. The monoisotopic (exact) mass is 310 g/mol. The first kappa shape index (κ1) is 15.8. The Morgan fingerprint density at radius 2 is 1.91 bits per heavy atom. The van der Waals surface area contributed by atoms with E-state index in [4.69, 9.17) is 0 Å². The van der Waals surface area contributed by atoms with Crippen LogP contribution in [0.25, 0.3) is 0 Å². The maximum absolute atomic E-state index is 12.0. The van der Waals surface area contributed by atoms with Crippen molar-refractivity contribution < 1.29 is 22.7 Å². The second-order valence-corrected chi connectivity index (χ2v) is 4.57. The first-order chi connectivity index (χ1) is 10.3. The molecule has 1 heterocycles. The van der Waals surface area contributed by atoms with Crippen molar-refractivity contribution in [3.8, 4) is 5.75 Å². The zero-order chi connectivity index (χ0) is 16.2. The van der Waals surface area contributed by atoms with Gasteiger partial charge in [-0.2, -0.15) is 0 Å². The van der Waals surface area contributed by atoms with E-state index in [1.54, 1.807) is 19.2 Å². The number of hydrogen-bond donors (Lipinski definition) is 1. The van der Waals surface area contributed by atoms with Gasteiger partial charge in [0.1, 0.15) is 5.75 Å². The van der Waals surface area contributed by atoms with Crippen molar-refractivity contribution in [2.45, 2.75) is 19.8 Å². The quantitative estimate of drug-likeness (QED) is 0.943. The highest BCUT2D eigenvalue weighted by molar-refractivity contribution is 5.95. The number of alkyl halides is 3. The third-order valence-corrected chi connectivity index (χ3v) is 2.89. The summed E-state index contributed by atoms with van der Waals surface area (Å²) in [5, 5.41) is 2.68. The van der Waals surface area contributed by atoms with Gasteiger partial charge in [0.2, 0.25) is 0 Å². The number of carbonyl (C=O) groups excluding carboxylic acids is 1. The highest BCUT2D eigenvalue weighted by Gasteiger charge is 2.30. The van der Waals surface area contributed by atoms with Crippen LogP contribution < -0.4 is 10.1 Å². The molecule has 1 N–H and O–H groups in total. The van der Waals surface area contributed by atoms with Gasteiger partial charge < -0.3 is 10.1 Å². The predicted octanol–water partition coefficient (Wildman–Crippen LogP) is 3.22. The van der Waals surface area contributed by atoms with Crippen molar-refractivity contribution in [1.29, 1.82) is 0 Å². The van der Waals surface area contributed by atoms with E-state index in [0.29, 0.717) is 11.1 Å². The molecule has 0 atom stereocenters. The Morgan fingerprint density at radius 1 is 1.23 bits per heavy atom. The van der Waals surface area contributed by atoms with Crippen LogP contribution in [0.15, 0.2) is 42.7 Å². The minimum absolute atomic E-state index is 0.194. The molecule has 4 nitrogen and oxygen atoms in total. The topological polar surface area (TPSA) is 51.2 Å². The van der Waals surface area contributed by atoms with E-state index in [9.17, 15) is 18.0 Å². The molecule has 0 radical (unpaired) electrons. The molecule has 0 saturated carbocycles. The van der Waals surface area contributed by atoms with E-state index in [0.717, 1.165) is 5.56 Å². The molecule has 0 fully saturated rings. The molecule has 0 saturated heterocycles. The number of hydrogen-bond acceptors (Lipinski definition) is 3. The van der Waals surface area contributed by atoms with Gasteiger partial charge in [0.25, 0.3) is 5.91 Å². The zero-order valence-electron chi connectivity index (χ0n) is 11.6. The second kappa shape index (κ2) is 6.46. The number of pyridine rings is 1. The van der Waals surface area contributed by atoms with Gasteiger partial charge >= 0.3 is 6.36 Å². The summed E-state index contributed by atoms with van der Waals surface area (Å²) >= 11 is 0. The van der Waals surface area contributed by atoms with Crippen LogP contribution in [0.1, 0.15) is 21.5 Å². The maximum Gasteiger partial charge on any atom is 0.573 e. The number of aryl methyl sites for hydroxylation is 1. The summed E-state index contributed by atoms with van der Waals surface area (Å²) < 4.78 is 39.9. The third kappa shape index (κ3) is 4.47. The fraction of sp³-hybridized carbons (Fsp3) is 0.200. The van der Waals surface area contributed by atoms with E-state index in [1.165, 1.54) is 30.5 Å². The lowest BCUT2D eigenvalue weighted by molar-refractivity contribution is -0.274. The number of carbonyl (C=O) groups is 1. The summed E-state index contributed by atoms with van der Waals surface area (Å²) in [6, 6.07) is 7.03. The highest BCUT2D eigenvalue weighted by Crippen LogP contribution is 2.22. The Balaban J connectivity index is 1.95. The van der Waals surface area contributed by atoms with Crippen molar-refractivity contribution in [2.24, 2.45) is 0 Å². The molecule has 0 aliphatic heterocycles. The van der Waals surface area contributed by atoms with E-state index < -0.39 is 6.36 Å². The van der Waals surface area contributed by atoms with Crippen LogP contribution in [0.3, 0.4) is 0 Å². The number of nitrogens with zero attached hydrogens (tertiary/aromatic N) is 1. The molecule has 0 unspecified atom stereocenters. The first-order valence-electron chi connectivity index (χ1n) is 6.38. The van der Waals surface area contributed by atoms with Crippen LogP contribution >= 0.6 is 0 Å². The van der Waals surface area contributed by atoms with Crippen molar-refractivity contribution in [2.75, 3.05) is 0 Å². The Hall–Kier alpha value is -2.57. The average Bonchev–Trinajstić information content (AvgIpc) is 2.45. The molecule has 22 heavy (non-hydrogen) atoms. The molecule has 1 aromatic carbocycles. The summed E-state index contributed by atoms with van der Waals surface area (Å²) in [6.45, 7) is 1.99. The van der Waals surface area contributed by atoms with Gasteiger partial charge in [-0.15, -0.1) is 13.2 Å². The lowest BCUT2D eigenvalue weighted by atomic mass is 10.1. The lowest BCUT2D eigenvalue weighted by Gasteiger charge is -2.10. The normalized spacial score (nSPS) is 11.1. The second-order valence-electron chi connectivity index (χ2n) is 4.57. The molecule has 2 aromatic rings. The molecule has 0 spiro atoms. The molecule has 1 amide bonds. The molecule has 2 rings (SSSR count). The van der Waals surface area contributed by atoms with E-state index in [1.807, 2.05) is 0 Å². The standard InChI is InChI=1S/C15H13F3N2O2/c1-10-6-7-19-9-13(10)14(21)20-8-11-2-4-12(5-3-11)22-15(16,17)18/h2-7,9H,8H2,1H3,(H,20,21). The molecular weight excluding hydrogens is 297 g/mol. The van der Waals surface area contributed by atoms with Gasteiger partial charge in [-0.1, -0.05) is 12.1 Å². The van der Waals surface area contributed by atoms with Crippen molar-refractivity contribution in [3.05, 3.63) is 59.4 Å². The highest BCUT2D eigenvalue weighted by atomic mass is 19.4. The van der Waals surface area contributed by atoms with Crippen LogP contribution in [0, 0.1) is 6.92 Å². The number of halogens is 3. The number of nitrogens with one attached hydrogen (secondary N) is 1. The number of amides is 1. The third-order valence-electron chi connectivity index (χ3n) is 2.89. The summed E-state index contributed by atoms with van der Waals surface area (Å²) in [5.41, 5.74) is 1.91. The Bertz CT molecular complexity index is 655. The molecule has 0 bridgehead atoms. The molecular formula is C15H13F3N2O2. The van der Waals surface area contributed by atoms with Gasteiger partial charge in [0.05, 0.1) is 5.56 Å². The maximum atomic E-state index is 12.0. The number of benzene rings is 1. The van der Waals surface area contributed by atoms with Crippen LogP contribution in [0.4, 0.5) is 13.2 Å². The first-order valence-corrected chi connectivity index (χ1v) is 6.38. The van der Waals surface area contributed by atoms with Crippen LogP contribution in [0.5, 0.6) is 5.75 Å². The minimum Gasteiger partial charge on any atom is -0.406 e. The lowest BCUT2D eigenvalue weighted by Crippen LogP contribution is -2.23. The molecule has 7 heteroatoms.